The third kappa shape index (κ3) is 3.69. The Bertz CT molecular complexity index is 1030. The summed E-state index contributed by atoms with van der Waals surface area (Å²) < 4.78 is 12.5. The predicted molar refractivity (Wildman–Crippen MR) is 102 cm³/mol. The molecule has 27 heavy (non-hydrogen) atoms. The normalized spacial score (nSPS) is 12.4. The Kier molecular flexibility index (Phi) is 4.61. The van der Waals surface area contributed by atoms with Gasteiger partial charge in [0.05, 0.1) is 6.54 Å². The molecule has 0 saturated heterocycles. The summed E-state index contributed by atoms with van der Waals surface area (Å²) in [5, 5.41) is 2.75. The van der Waals surface area contributed by atoms with Crippen molar-refractivity contribution in [2.24, 2.45) is 0 Å². The molecule has 0 fully saturated rings. The summed E-state index contributed by atoms with van der Waals surface area (Å²) in [5.41, 5.74) is 1.28. The lowest BCUT2D eigenvalue weighted by atomic mass is 10.2. The molecule has 0 atom stereocenters. The fourth-order valence-electron chi connectivity index (χ4n) is 2.93. The smallest absolute Gasteiger partial charge is 0.263 e. The molecule has 1 aliphatic rings. The first-order chi connectivity index (χ1) is 13.2. The molecule has 2 aromatic carbocycles. The quantitative estimate of drug-likeness (QED) is 0.775. The minimum Gasteiger partial charge on any atom is -0.486 e. The number of rotatable bonds is 4. The van der Waals surface area contributed by atoms with Gasteiger partial charge in [-0.3, -0.25) is 9.59 Å². The summed E-state index contributed by atoms with van der Waals surface area (Å²) in [7, 11) is 0. The minimum absolute atomic E-state index is 0.0864. The highest BCUT2D eigenvalue weighted by atomic mass is 16.6. The maximum atomic E-state index is 12.7. The van der Waals surface area contributed by atoms with Gasteiger partial charge in [-0.1, -0.05) is 30.3 Å². The molecule has 6 nitrogen and oxygen atoms in total. The van der Waals surface area contributed by atoms with Gasteiger partial charge in [0.1, 0.15) is 18.8 Å². The molecular formula is C21H18N2O4. The molecule has 4 rings (SSSR count). The highest BCUT2D eigenvalue weighted by molar-refractivity contribution is 6.04. The third-order valence-corrected chi connectivity index (χ3v) is 4.26. The van der Waals surface area contributed by atoms with E-state index in [4.69, 9.17) is 9.47 Å². The zero-order valence-corrected chi connectivity index (χ0v) is 14.6. The van der Waals surface area contributed by atoms with Crippen LogP contribution in [0.3, 0.4) is 0 Å². The van der Waals surface area contributed by atoms with Gasteiger partial charge in [-0.2, -0.15) is 0 Å². The number of amides is 1. The van der Waals surface area contributed by atoms with Crippen LogP contribution in [0.1, 0.15) is 15.9 Å². The first-order valence-corrected chi connectivity index (χ1v) is 8.65. The van der Waals surface area contributed by atoms with Gasteiger partial charge in [0.25, 0.3) is 11.5 Å². The zero-order valence-electron chi connectivity index (χ0n) is 14.6. The van der Waals surface area contributed by atoms with E-state index in [0.717, 1.165) is 5.56 Å². The number of hydrogen-bond donors (Lipinski definition) is 1. The van der Waals surface area contributed by atoms with Crippen LogP contribution in [0.5, 0.6) is 11.5 Å². The van der Waals surface area contributed by atoms with Crippen LogP contribution in [-0.2, 0) is 6.54 Å². The zero-order chi connectivity index (χ0) is 18.6. The van der Waals surface area contributed by atoms with E-state index in [1.165, 1.54) is 10.6 Å². The molecule has 3 aromatic rings. The molecule has 0 unspecified atom stereocenters. The van der Waals surface area contributed by atoms with Gasteiger partial charge in [0.2, 0.25) is 0 Å². The van der Waals surface area contributed by atoms with Crippen molar-refractivity contribution in [3.63, 3.8) is 0 Å². The molecule has 0 spiro atoms. The van der Waals surface area contributed by atoms with Crippen molar-refractivity contribution in [2.45, 2.75) is 6.54 Å². The summed E-state index contributed by atoms with van der Waals surface area (Å²) in [5.74, 6) is 0.761. The number of carbonyl (C=O) groups is 1. The van der Waals surface area contributed by atoms with Crippen LogP contribution in [0.15, 0.2) is 71.7 Å². The van der Waals surface area contributed by atoms with E-state index in [-0.39, 0.29) is 11.1 Å². The highest BCUT2D eigenvalue weighted by Crippen LogP contribution is 2.32. The van der Waals surface area contributed by atoms with Crippen LogP contribution in [-0.4, -0.2) is 23.7 Å². The van der Waals surface area contributed by atoms with E-state index >= 15 is 0 Å². The van der Waals surface area contributed by atoms with Gasteiger partial charge in [0.15, 0.2) is 11.5 Å². The van der Waals surface area contributed by atoms with Crippen LogP contribution >= 0.6 is 0 Å². The van der Waals surface area contributed by atoms with Gasteiger partial charge in [0, 0.05) is 18.0 Å². The maximum absolute atomic E-state index is 12.7. The Morgan fingerprint density at radius 2 is 1.74 bits per heavy atom. The molecule has 0 bridgehead atoms. The fourth-order valence-corrected chi connectivity index (χ4v) is 2.93. The van der Waals surface area contributed by atoms with Gasteiger partial charge in [-0.15, -0.1) is 0 Å². The van der Waals surface area contributed by atoms with E-state index in [1.807, 2.05) is 30.3 Å². The van der Waals surface area contributed by atoms with Crippen molar-refractivity contribution in [1.82, 2.24) is 4.57 Å². The van der Waals surface area contributed by atoms with Crippen molar-refractivity contribution in [3.8, 4) is 11.5 Å². The number of ether oxygens (including phenoxy) is 2. The van der Waals surface area contributed by atoms with Crippen molar-refractivity contribution in [3.05, 3.63) is 88.3 Å². The lowest BCUT2D eigenvalue weighted by Crippen LogP contribution is -2.29. The molecule has 1 aliphatic heterocycles. The number of fused-ring (bicyclic) bond motifs is 1. The van der Waals surface area contributed by atoms with Crippen molar-refractivity contribution >= 4 is 11.6 Å². The first kappa shape index (κ1) is 16.9. The summed E-state index contributed by atoms with van der Waals surface area (Å²) in [6.45, 7) is 1.38. The lowest BCUT2D eigenvalue weighted by molar-refractivity contribution is 0.102. The van der Waals surface area contributed by atoms with Gasteiger partial charge in [-0.05, 0) is 29.8 Å². The molecular weight excluding hydrogens is 344 g/mol. The Hall–Kier alpha value is -3.54. The van der Waals surface area contributed by atoms with E-state index in [0.29, 0.717) is 36.9 Å². The molecule has 2 heterocycles. The molecule has 136 valence electrons. The fraction of sp³-hybridized carbons (Fsp3) is 0.143. The second-order valence-corrected chi connectivity index (χ2v) is 6.15. The monoisotopic (exact) mass is 362 g/mol. The summed E-state index contributed by atoms with van der Waals surface area (Å²) in [4.78, 5) is 25.3. The average Bonchev–Trinajstić information content (AvgIpc) is 2.70. The second-order valence-electron chi connectivity index (χ2n) is 6.15. The van der Waals surface area contributed by atoms with Crippen LogP contribution in [0.25, 0.3) is 0 Å². The SMILES string of the molecule is O=C(Nc1ccc2c(c1)OCCO2)c1cccn(Cc2ccccc2)c1=O. The number of hydrogen-bond acceptors (Lipinski definition) is 4. The summed E-state index contributed by atoms with van der Waals surface area (Å²) in [6.07, 6.45) is 1.68. The molecule has 1 N–H and O–H groups in total. The Labute approximate surface area is 156 Å². The lowest BCUT2D eigenvalue weighted by Gasteiger charge is -2.19. The van der Waals surface area contributed by atoms with Crippen LogP contribution in [0, 0.1) is 0 Å². The number of nitrogens with one attached hydrogen (secondary N) is 1. The van der Waals surface area contributed by atoms with Gasteiger partial charge >= 0.3 is 0 Å². The van der Waals surface area contributed by atoms with Crippen molar-refractivity contribution in [1.29, 1.82) is 0 Å². The van der Waals surface area contributed by atoms with E-state index in [1.54, 1.807) is 30.5 Å². The average molecular weight is 362 g/mol. The van der Waals surface area contributed by atoms with E-state index < -0.39 is 5.91 Å². The van der Waals surface area contributed by atoms with Crippen LogP contribution < -0.4 is 20.3 Å². The number of pyridine rings is 1. The third-order valence-electron chi connectivity index (χ3n) is 4.26. The Morgan fingerprint density at radius 3 is 2.56 bits per heavy atom. The van der Waals surface area contributed by atoms with Crippen molar-refractivity contribution < 1.29 is 14.3 Å². The van der Waals surface area contributed by atoms with Crippen molar-refractivity contribution in [2.75, 3.05) is 18.5 Å². The Morgan fingerprint density at radius 1 is 0.963 bits per heavy atom. The number of aromatic nitrogens is 1. The Balaban J connectivity index is 1.55. The summed E-state index contributed by atoms with van der Waals surface area (Å²) >= 11 is 0. The number of nitrogens with zero attached hydrogens (tertiary/aromatic N) is 1. The standard InChI is InChI=1S/C21H18N2O4/c24-20(22-16-8-9-18-19(13-16)27-12-11-26-18)17-7-4-10-23(21(17)25)14-15-5-2-1-3-6-15/h1-10,13H,11-12,14H2,(H,22,24). The predicted octanol–water partition coefficient (Wildman–Crippen LogP) is 2.92. The molecule has 0 saturated carbocycles. The van der Waals surface area contributed by atoms with Gasteiger partial charge < -0.3 is 19.4 Å². The van der Waals surface area contributed by atoms with E-state index in [2.05, 4.69) is 5.32 Å². The van der Waals surface area contributed by atoms with Crippen LogP contribution in [0.4, 0.5) is 5.69 Å². The minimum atomic E-state index is -0.459. The molecule has 1 amide bonds. The highest BCUT2D eigenvalue weighted by Gasteiger charge is 2.16. The molecule has 6 heteroatoms. The number of carbonyl (C=O) groups excluding carboxylic acids is 1. The topological polar surface area (TPSA) is 69.6 Å². The van der Waals surface area contributed by atoms with Crippen LogP contribution in [0.2, 0.25) is 0 Å². The summed E-state index contributed by atoms with van der Waals surface area (Å²) in [6, 6.07) is 18.0. The molecule has 1 aromatic heterocycles. The second kappa shape index (κ2) is 7.37. The van der Waals surface area contributed by atoms with Gasteiger partial charge in [-0.25, -0.2) is 0 Å². The molecule has 0 aliphatic carbocycles. The molecule has 0 radical (unpaired) electrons. The maximum Gasteiger partial charge on any atom is 0.263 e. The number of anilines is 1. The largest absolute Gasteiger partial charge is 0.486 e. The number of benzene rings is 2. The first-order valence-electron chi connectivity index (χ1n) is 8.65. The van der Waals surface area contributed by atoms with E-state index in [9.17, 15) is 9.59 Å².